The van der Waals surface area contributed by atoms with Crippen LogP contribution in [0.1, 0.15) is 28.4 Å². The van der Waals surface area contributed by atoms with Gasteiger partial charge in [-0.2, -0.15) is 4.98 Å². The molecule has 0 unspecified atom stereocenters. The zero-order chi connectivity index (χ0) is 20.4. The fourth-order valence-corrected chi connectivity index (χ4v) is 3.06. The summed E-state index contributed by atoms with van der Waals surface area (Å²) in [5, 5.41) is 3.97. The Bertz CT molecular complexity index is 1240. The van der Waals surface area contributed by atoms with E-state index in [1.807, 2.05) is 19.1 Å². The highest BCUT2D eigenvalue weighted by Gasteiger charge is 2.14. The molecule has 0 saturated heterocycles. The van der Waals surface area contributed by atoms with Gasteiger partial charge >= 0.3 is 5.69 Å². The lowest BCUT2D eigenvalue weighted by molar-refractivity contribution is 0.0979. The summed E-state index contributed by atoms with van der Waals surface area (Å²) in [5.74, 6) is 0.0209. The van der Waals surface area contributed by atoms with Gasteiger partial charge in [0.15, 0.2) is 5.78 Å². The second-order valence-electron chi connectivity index (χ2n) is 6.57. The molecule has 0 saturated carbocycles. The number of nitrogens with zero attached hydrogens (tertiary/aromatic N) is 3. The number of benzene rings is 2. The maximum atomic E-state index is 13.2. The summed E-state index contributed by atoms with van der Waals surface area (Å²) in [5.41, 5.74) is 2.21. The molecule has 29 heavy (non-hydrogen) atoms. The number of carbonyl (C=O) groups excluding carboxylic acids is 1. The molecule has 2 aromatic carbocycles. The fourth-order valence-electron chi connectivity index (χ4n) is 3.06. The summed E-state index contributed by atoms with van der Waals surface area (Å²) in [7, 11) is 0. The molecule has 0 fully saturated rings. The van der Waals surface area contributed by atoms with E-state index >= 15 is 0 Å². The van der Waals surface area contributed by atoms with E-state index in [0.29, 0.717) is 28.5 Å². The molecule has 7 nitrogen and oxygen atoms in total. The number of aromatic nitrogens is 4. The van der Waals surface area contributed by atoms with E-state index < -0.39 is 5.82 Å². The molecule has 0 amide bonds. The highest BCUT2D eigenvalue weighted by atomic mass is 19.1. The van der Waals surface area contributed by atoms with Crippen molar-refractivity contribution in [2.24, 2.45) is 0 Å². The molecule has 8 heteroatoms. The van der Waals surface area contributed by atoms with Crippen molar-refractivity contribution in [3.8, 4) is 17.1 Å². The third-order valence-corrected chi connectivity index (χ3v) is 4.50. The molecule has 0 bridgehead atoms. The Morgan fingerprint density at radius 1 is 1.21 bits per heavy atom. The number of ketones is 1. The molecule has 146 valence electrons. The first-order valence-corrected chi connectivity index (χ1v) is 9.00. The molecule has 1 N–H and O–H groups in total. The minimum Gasteiger partial charge on any atom is -0.339 e. The number of hydrogen-bond donors (Lipinski definition) is 1. The van der Waals surface area contributed by atoms with Gasteiger partial charge in [0.1, 0.15) is 5.82 Å². The van der Waals surface area contributed by atoms with Crippen LogP contribution in [0.5, 0.6) is 0 Å². The fraction of sp³-hybridized carbons (Fsp3) is 0.143. The van der Waals surface area contributed by atoms with Gasteiger partial charge in [-0.1, -0.05) is 29.4 Å². The average Bonchev–Trinajstić information content (AvgIpc) is 3.33. The second kappa shape index (κ2) is 7.67. The quantitative estimate of drug-likeness (QED) is 0.507. The van der Waals surface area contributed by atoms with Gasteiger partial charge in [0.05, 0.1) is 5.69 Å². The smallest absolute Gasteiger partial charge is 0.330 e. The SMILES string of the molecule is Cc1c[nH]c(=O)n1-c1cccc(-c2noc(CCC(=O)c3cccc(F)c3)n2)c1. The number of aryl methyl sites for hydroxylation is 2. The number of carbonyl (C=O) groups is 1. The maximum Gasteiger partial charge on any atom is 0.330 e. The van der Waals surface area contributed by atoms with Crippen LogP contribution in [0.2, 0.25) is 0 Å². The van der Waals surface area contributed by atoms with E-state index in [1.54, 1.807) is 29.0 Å². The van der Waals surface area contributed by atoms with Crippen molar-refractivity contribution in [3.63, 3.8) is 0 Å². The van der Waals surface area contributed by atoms with Gasteiger partial charge < -0.3 is 9.51 Å². The van der Waals surface area contributed by atoms with Gasteiger partial charge in [0.2, 0.25) is 11.7 Å². The van der Waals surface area contributed by atoms with Gasteiger partial charge in [-0.3, -0.25) is 9.36 Å². The predicted octanol–water partition coefficient (Wildman–Crippen LogP) is 3.48. The first kappa shape index (κ1) is 18.5. The Morgan fingerprint density at radius 3 is 2.79 bits per heavy atom. The summed E-state index contributed by atoms with van der Waals surface area (Å²) < 4.78 is 20.0. The lowest BCUT2D eigenvalue weighted by Crippen LogP contribution is -2.15. The minimum absolute atomic E-state index is 0.128. The van der Waals surface area contributed by atoms with E-state index in [2.05, 4.69) is 15.1 Å². The zero-order valence-electron chi connectivity index (χ0n) is 15.6. The van der Waals surface area contributed by atoms with Crippen LogP contribution in [0.15, 0.2) is 64.0 Å². The number of nitrogens with one attached hydrogen (secondary N) is 1. The number of rotatable bonds is 6. The molecule has 0 aliphatic carbocycles. The van der Waals surface area contributed by atoms with Gasteiger partial charge in [-0.05, 0) is 31.2 Å². The lowest BCUT2D eigenvalue weighted by atomic mass is 10.1. The van der Waals surface area contributed by atoms with Gasteiger partial charge in [-0.15, -0.1) is 0 Å². The first-order chi connectivity index (χ1) is 14.0. The summed E-state index contributed by atoms with van der Waals surface area (Å²) >= 11 is 0. The number of halogens is 1. The lowest BCUT2D eigenvalue weighted by Gasteiger charge is -2.05. The van der Waals surface area contributed by atoms with E-state index in [1.165, 1.54) is 18.2 Å². The van der Waals surface area contributed by atoms with E-state index in [0.717, 1.165) is 5.69 Å². The highest BCUT2D eigenvalue weighted by molar-refractivity contribution is 5.96. The molecule has 0 spiro atoms. The Balaban J connectivity index is 1.50. The number of H-pyrrole nitrogens is 1. The van der Waals surface area contributed by atoms with E-state index in [9.17, 15) is 14.0 Å². The molecule has 0 atom stereocenters. The predicted molar refractivity (Wildman–Crippen MR) is 103 cm³/mol. The van der Waals surface area contributed by atoms with Crippen molar-refractivity contribution in [1.82, 2.24) is 19.7 Å². The van der Waals surface area contributed by atoms with Crippen LogP contribution in [0, 0.1) is 12.7 Å². The molecular formula is C21H17FN4O3. The molecule has 2 heterocycles. The van der Waals surface area contributed by atoms with Crippen LogP contribution in [-0.2, 0) is 6.42 Å². The largest absolute Gasteiger partial charge is 0.339 e. The summed E-state index contributed by atoms with van der Waals surface area (Å²) in [4.78, 5) is 31.2. The Kier molecular flexibility index (Phi) is 4.90. The topological polar surface area (TPSA) is 93.8 Å². The molecule has 0 radical (unpaired) electrons. The van der Waals surface area contributed by atoms with Crippen LogP contribution < -0.4 is 5.69 Å². The minimum atomic E-state index is -0.451. The summed E-state index contributed by atoms with van der Waals surface area (Å²) in [6.45, 7) is 1.83. The monoisotopic (exact) mass is 392 g/mol. The Hall–Kier alpha value is -3.81. The molecular weight excluding hydrogens is 375 g/mol. The van der Waals surface area contributed by atoms with Crippen LogP contribution in [0.4, 0.5) is 4.39 Å². The highest BCUT2D eigenvalue weighted by Crippen LogP contribution is 2.20. The van der Waals surface area contributed by atoms with Gasteiger partial charge in [0.25, 0.3) is 0 Å². The van der Waals surface area contributed by atoms with Crippen molar-refractivity contribution in [2.75, 3.05) is 0 Å². The molecule has 0 aliphatic heterocycles. The number of Topliss-reactive ketones (excluding diaryl/α,β-unsaturated/α-hetero) is 1. The number of imidazole rings is 1. The van der Waals surface area contributed by atoms with Crippen molar-refractivity contribution in [3.05, 3.63) is 88.2 Å². The van der Waals surface area contributed by atoms with E-state index in [-0.39, 0.29) is 24.3 Å². The third kappa shape index (κ3) is 3.91. The molecule has 4 aromatic rings. The number of aromatic amines is 1. The average molecular weight is 392 g/mol. The second-order valence-corrected chi connectivity index (χ2v) is 6.57. The number of hydrogen-bond acceptors (Lipinski definition) is 5. The van der Waals surface area contributed by atoms with E-state index in [4.69, 9.17) is 4.52 Å². The summed E-state index contributed by atoms with van der Waals surface area (Å²) in [6, 6.07) is 12.8. The van der Waals surface area contributed by atoms with Gasteiger partial charge in [-0.25, -0.2) is 9.18 Å². The molecule has 4 rings (SSSR count). The van der Waals surface area contributed by atoms with Crippen LogP contribution >= 0.6 is 0 Å². The standard InChI is InChI=1S/C21H17FN4O3/c1-13-12-23-21(28)26(13)17-7-3-5-15(11-17)20-24-19(29-25-20)9-8-18(27)14-4-2-6-16(22)10-14/h2-7,10-12H,8-9H2,1H3,(H,23,28). The van der Waals surface area contributed by atoms with Crippen LogP contribution in [-0.4, -0.2) is 25.5 Å². The van der Waals surface area contributed by atoms with Crippen LogP contribution in [0.3, 0.4) is 0 Å². The van der Waals surface area contributed by atoms with Gasteiger partial charge in [0, 0.05) is 35.9 Å². The zero-order valence-corrected chi connectivity index (χ0v) is 15.6. The molecule has 2 aromatic heterocycles. The van der Waals surface area contributed by atoms with Crippen molar-refractivity contribution in [2.45, 2.75) is 19.8 Å². The van der Waals surface area contributed by atoms with Crippen molar-refractivity contribution in [1.29, 1.82) is 0 Å². The Labute approximate surface area is 164 Å². The molecule has 0 aliphatic rings. The Morgan fingerprint density at radius 2 is 2.03 bits per heavy atom. The third-order valence-electron chi connectivity index (χ3n) is 4.50. The van der Waals surface area contributed by atoms with Crippen molar-refractivity contribution < 1.29 is 13.7 Å². The maximum absolute atomic E-state index is 13.2. The van der Waals surface area contributed by atoms with Crippen molar-refractivity contribution >= 4 is 5.78 Å². The normalized spacial score (nSPS) is 11.0. The first-order valence-electron chi connectivity index (χ1n) is 9.00. The van der Waals surface area contributed by atoms with Crippen LogP contribution in [0.25, 0.3) is 17.1 Å². The summed E-state index contributed by atoms with van der Waals surface area (Å²) in [6.07, 6.45) is 2.01.